The number of nitrogens with two attached hydrogens (primary N) is 2. The second-order valence-corrected chi connectivity index (χ2v) is 18.9. The Morgan fingerprint density at radius 3 is 1.46 bits per heavy atom. The molecule has 8 amide bonds. The molecule has 392 valence electrons. The minimum absolute atomic E-state index is 0.0519. The summed E-state index contributed by atoms with van der Waals surface area (Å²) in [6, 6.07) is 3.85. The van der Waals surface area contributed by atoms with Crippen LogP contribution in [0.5, 0.6) is 0 Å². The Kier molecular flexibility index (Phi) is 22.9. The van der Waals surface area contributed by atoms with E-state index in [0.29, 0.717) is 36.3 Å². The van der Waals surface area contributed by atoms with Gasteiger partial charge in [0.25, 0.3) is 0 Å². The van der Waals surface area contributed by atoms with Gasteiger partial charge in [-0.1, -0.05) is 36.4 Å². The lowest BCUT2D eigenvalue weighted by molar-refractivity contribution is -0.141. The SMILES string of the molecule is CSCC[C@H](NC(=O)[C@H](C)N)C(=O)N[C@@H](CCCCN)C(=O)N[C@@H](C)C(=O)N[C@@H](C)C(=O)N[C@@H](CS)C(=O)N[C@@H](Cc1c[nH]c2ccccc12)C(=O)N[C@@H](Cc1c[nH]c2ccccc12)C(=O)N[C@@H](C)C(=O)O. The second-order valence-electron chi connectivity index (χ2n) is 17.5. The van der Waals surface area contributed by atoms with Gasteiger partial charge in [0.2, 0.25) is 47.3 Å². The molecule has 0 unspecified atom stereocenters. The Hall–Kier alpha value is -6.63. The van der Waals surface area contributed by atoms with Crippen molar-refractivity contribution >= 4 is 99.4 Å². The van der Waals surface area contributed by atoms with Crippen molar-refractivity contribution in [3.8, 4) is 0 Å². The van der Waals surface area contributed by atoms with Crippen LogP contribution in [0.4, 0.5) is 0 Å². The van der Waals surface area contributed by atoms with Gasteiger partial charge in [0.1, 0.15) is 48.3 Å². The molecule has 0 saturated carbocycles. The van der Waals surface area contributed by atoms with Gasteiger partial charge in [0, 0.05) is 52.8 Å². The minimum atomic E-state index is -1.36. The quantitative estimate of drug-likeness (QED) is 0.0244. The average molecular weight is 1040 g/mol. The number of thiol groups is 1. The number of hydrogen-bond donors (Lipinski definition) is 14. The fourth-order valence-electron chi connectivity index (χ4n) is 7.50. The molecule has 2 heterocycles. The highest BCUT2D eigenvalue weighted by Gasteiger charge is 2.34. The zero-order valence-electron chi connectivity index (χ0n) is 41.0. The normalized spacial score (nSPS) is 15.0. The Morgan fingerprint density at radius 1 is 0.556 bits per heavy atom. The number of aliphatic carboxylic acids is 1. The van der Waals surface area contributed by atoms with Crippen LogP contribution in [0.2, 0.25) is 0 Å². The van der Waals surface area contributed by atoms with E-state index >= 15 is 0 Å². The second kappa shape index (κ2) is 28.4. The van der Waals surface area contributed by atoms with E-state index in [2.05, 4.69) is 65.1 Å². The Bertz CT molecular complexity index is 2540. The molecule has 0 aliphatic heterocycles. The smallest absolute Gasteiger partial charge is 0.325 e. The molecule has 4 rings (SSSR count). The zero-order valence-corrected chi connectivity index (χ0v) is 42.7. The number of unbranched alkanes of at least 4 members (excludes halogenated alkanes) is 1. The number of benzene rings is 2. The van der Waals surface area contributed by atoms with Crippen molar-refractivity contribution in [3.05, 3.63) is 72.1 Å². The zero-order chi connectivity index (χ0) is 53.1. The third-order valence-corrected chi connectivity index (χ3v) is 12.8. The largest absolute Gasteiger partial charge is 0.480 e. The number of carboxylic acid groups (broad SMARTS) is 1. The van der Waals surface area contributed by atoms with Crippen LogP contribution in [0, 0.1) is 0 Å². The molecule has 4 aromatic rings. The van der Waals surface area contributed by atoms with Gasteiger partial charge >= 0.3 is 5.97 Å². The summed E-state index contributed by atoms with van der Waals surface area (Å²) in [5.74, 6) is -6.85. The molecule has 24 heteroatoms. The number of rotatable bonds is 29. The molecule has 2 aromatic carbocycles. The van der Waals surface area contributed by atoms with E-state index < -0.39 is 108 Å². The van der Waals surface area contributed by atoms with Crippen molar-refractivity contribution < 1.29 is 48.3 Å². The number of H-pyrrole nitrogens is 2. The average Bonchev–Trinajstić information content (AvgIpc) is 3.96. The third-order valence-electron chi connectivity index (χ3n) is 11.7. The van der Waals surface area contributed by atoms with Crippen molar-refractivity contribution in [3.63, 3.8) is 0 Å². The first kappa shape index (κ1) is 57.9. The van der Waals surface area contributed by atoms with Gasteiger partial charge in [0.05, 0.1) is 6.04 Å². The molecule has 0 aliphatic rings. The number of carbonyl (C=O) groups excluding carboxylic acids is 8. The van der Waals surface area contributed by atoms with Gasteiger partial charge in [-0.05, 0) is 95.2 Å². The van der Waals surface area contributed by atoms with Crippen molar-refractivity contribution in [2.45, 2.75) is 121 Å². The summed E-state index contributed by atoms with van der Waals surface area (Å²) in [5.41, 5.74) is 14.2. The fraction of sp³-hybridized carbons (Fsp3) is 0.479. The maximum atomic E-state index is 14.4. The summed E-state index contributed by atoms with van der Waals surface area (Å²) in [4.78, 5) is 126. The van der Waals surface area contributed by atoms with E-state index in [1.807, 2.05) is 48.7 Å². The van der Waals surface area contributed by atoms with Gasteiger partial charge in [-0.15, -0.1) is 0 Å². The third kappa shape index (κ3) is 17.0. The highest BCUT2D eigenvalue weighted by Crippen LogP contribution is 2.21. The molecule has 22 nitrogen and oxygen atoms in total. The first-order valence-corrected chi connectivity index (χ1v) is 25.6. The van der Waals surface area contributed by atoms with Gasteiger partial charge < -0.3 is 69.1 Å². The number of carbonyl (C=O) groups is 9. The van der Waals surface area contributed by atoms with Crippen LogP contribution in [0.25, 0.3) is 21.8 Å². The number of nitrogens with one attached hydrogen (secondary N) is 10. The van der Waals surface area contributed by atoms with Crippen LogP contribution in [-0.2, 0) is 56.0 Å². The number of fused-ring (bicyclic) bond motifs is 2. The molecule has 0 bridgehead atoms. The van der Waals surface area contributed by atoms with Crippen molar-refractivity contribution in [2.75, 3.05) is 24.3 Å². The van der Waals surface area contributed by atoms with E-state index in [0.717, 1.165) is 21.8 Å². The molecule has 0 radical (unpaired) electrons. The Balaban J connectivity index is 1.47. The van der Waals surface area contributed by atoms with Gasteiger partial charge in [-0.3, -0.25) is 43.2 Å². The van der Waals surface area contributed by atoms with Crippen LogP contribution in [-0.4, -0.2) is 147 Å². The maximum absolute atomic E-state index is 14.4. The Labute approximate surface area is 427 Å². The highest BCUT2D eigenvalue weighted by atomic mass is 32.2. The molecule has 15 N–H and O–H groups in total. The number of aromatic amines is 2. The predicted octanol–water partition coefficient (Wildman–Crippen LogP) is -0.384. The van der Waals surface area contributed by atoms with Gasteiger partial charge in [-0.25, -0.2) is 0 Å². The molecule has 0 spiro atoms. The van der Waals surface area contributed by atoms with Gasteiger partial charge in [0.15, 0.2) is 0 Å². The van der Waals surface area contributed by atoms with E-state index in [-0.39, 0.29) is 31.4 Å². The molecule has 0 aliphatic carbocycles. The molecular weight excluding hydrogens is 969 g/mol. The summed E-state index contributed by atoms with van der Waals surface area (Å²) in [7, 11) is 0. The van der Waals surface area contributed by atoms with Crippen LogP contribution < -0.4 is 54.0 Å². The first-order valence-electron chi connectivity index (χ1n) is 23.6. The monoisotopic (exact) mass is 1040 g/mol. The maximum Gasteiger partial charge on any atom is 0.325 e. The lowest BCUT2D eigenvalue weighted by atomic mass is 10.0. The summed E-state index contributed by atoms with van der Waals surface area (Å²) in [6.07, 6.45) is 6.51. The molecule has 9 atom stereocenters. The summed E-state index contributed by atoms with van der Waals surface area (Å²) in [5, 5.41) is 31.9. The number of carboxylic acids is 1. The van der Waals surface area contributed by atoms with Crippen LogP contribution in [0.1, 0.15) is 64.5 Å². The van der Waals surface area contributed by atoms with E-state index in [9.17, 15) is 48.3 Å². The highest BCUT2D eigenvalue weighted by molar-refractivity contribution is 7.98. The summed E-state index contributed by atoms with van der Waals surface area (Å²) in [6.45, 7) is 5.83. The fourth-order valence-corrected chi connectivity index (χ4v) is 8.22. The minimum Gasteiger partial charge on any atom is -0.480 e. The standard InChI is InChI=1S/C48H68N12O10S2/c1-25(50)40(61)56-36(17-19-72-5)44(65)57-35(16-10-11-18-49)43(64)54-26(2)41(62)53-27(3)42(63)60-39(24-71)47(68)59-38(21-30-23-52-34-15-9-7-13-32(30)34)46(67)58-37(45(66)55-28(4)48(69)70)20-29-22-51-33-14-8-6-12-31(29)33/h6-9,12-15,22-23,25-28,35-39,51-52,71H,10-11,16-21,24,49-50H2,1-5H3,(H,53,62)(H,54,64)(H,55,66)(H,56,61)(H,57,65)(H,58,67)(H,59,68)(H,60,63)(H,69,70)/t25-,26-,27-,28-,35-,36-,37-,38-,39-/m0/s1. The summed E-state index contributed by atoms with van der Waals surface area (Å²) >= 11 is 5.77. The van der Waals surface area contributed by atoms with Crippen molar-refractivity contribution in [1.82, 2.24) is 52.5 Å². The molecular formula is C48H68N12O10S2. The lowest BCUT2D eigenvalue weighted by Gasteiger charge is -2.26. The topological polar surface area (TPSA) is 354 Å². The van der Waals surface area contributed by atoms with E-state index in [4.69, 9.17) is 11.5 Å². The van der Waals surface area contributed by atoms with E-state index in [1.165, 1.54) is 39.5 Å². The molecule has 72 heavy (non-hydrogen) atoms. The number of amides is 8. The van der Waals surface area contributed by atoms with Gasteiger partial charge in [-0.2, -0.15) is 24.4 Å². The van der Waals surface area contributed by atoms with Crippen molar-refractivity contribution in [1.29, 1.82) is 0 Å². The number of aromatic nitrogens is 2. The number of para-hydroxylation sites is 2. The Morgan fingerprint density at radius 2 is 0.958 bits per heavy atom. The van der Waals surface area contributed by atoms with Crippen LogP contribution in [0.3, 0.4) is 0 Å². The van der Waals surface area contributed by atoms with E-state index in [1.54, 1.807) is 18.5 Å². The number of thioether (sulfide) groups is 1. The van der Waals surface area contributed by atoms with Crippen LogP contribution in [0.15, 0.2) is 60.9 Å². The van der Waals surface area contributed by atoms with Crippen LogP contribution >= 0.6 is 24.4 Å². The molecule has 0 saturated heterocycles. The lowest BCUT2D eigenvalue weighted by Crippen LogP contribution is -2.60. The summed E-state index contributed by atoms with van der Waals surface area (Å²) < 4.78 is 0. The number of hydrogen-bond acceptors (Lipinski definition) is 13. The first-order chi connectivity index (χ1) is 34.3. The molecule has 2 aromatic heterocycles. The predicted molar refractivity (Wildman–Crippen MR) is 278 cm³/mol. The van der Waals surface area contributed by atoms with Crippen molar-refractivity contribution in [2.24, 2.45) is 11.5 Å². The molecule has 0 fully saturated rings.